The van der Waals surface area contributed by atoms with E-state index < -0.39 is 37.3 Å². The molecular formula is C9H12N2O8. The van der Waals surface area contributed by atoms with Gasteiger partial charge in [0.2, 0.25) is 6.23 Å². The van der Waals surface area contributed by atoms with Crippen molar-refractivity contribution in [1.29, 1.82) is 0 Å². The zero-order valence-corrected chi connectivity index (χ0v) is 9.61. The first-order valence-corrected chi connectivity index (χ1v) is 4.93. The quantitative estimate of drug-likeness (QED) is 0.306. The van der Waals surface area contributed by atoms with E-state index in [0.717, 1.165) is 0 Å². The zero-order valence-electron chi connectivity index (χ0n) is 9.61. The van der Waals surface area contributed by atoms with Crippen LogP contribution in [0.1, 0.15) is 6.42 Å². The molecule has 0 heterocycles. The average Bonchev–Trinajstić information content (AvgIpc) is 2.35. The Morgan fingerprint density at radius 3 is 2.32 bits per heavy atom. The molecule has 0 aromatic carbocycles. The van der Waals surface area contributed by atoms with Gasteiger partial charge in [-0.05, 0) is 0 Å². The van der Waals surface area contributed by atoms with E-state index in [1.54, 1.807) is 0 Å². The van der Waals surface area contributed by atoms with Crippen molar-refractivity contribution < 1.29 is 38.6 Å². The van der Waals surface area contributed by atoms with Gasteiger partial charge in [-0.2, -0.15) is 0 Å². The molecule has 0 aromatic heterocycles. The van der Waals surface area contributed by atoms with Gasteiger partial charge in [0.25, 0.3) is 12.9 Å². The Bertz CT molecular complexity index is 345. The Morgan fingerprint density at radius 2 is 1.84 bits per heavy atom. The average molecular weight is 276 g/mol. The van der Waals surface area contributed by atoms with Gasteiger partial charge >= 0.3 is 12.0 Å². The minimum atomic E-state index is -1.42. The fraction of sp³-hybridized carbons (Fsp3) is 0.444. The summed E-state index contributed by atoms with van der Waals surface area (Å²) in [5.74, 6) is -1.40. The van der Waals surface area contributed by atoms with Crippen molar-refractivity contribution in [1.82, 2.24) is 10.6 Å². The monoisotopic (exact) mass is 276 g/mol. The number of rotatable bonds is 10. The first-order valence-electron chi connectivity index (χ1n) is 4.93. The molecular weight excluding hydrogens is 264 g/mol. The fourth-order valence-electron chi connectivity index (χ4n) is 0.973. The van der Waals surface area contributed by atoms with E-state index in [0.29, 0.717) is 6.29 Å². The highest BCUT2D eigenvalue weighted by atomic mass is 16.6. The highest BCUT2D eigenvalue weighted by molar-refractivity contribution is 5.84. The van der Waals surface area contributed by atoms with Crippen molar-refractivity contribution in [3.63, 3.8) is 0 Å². The summed E-state index contributed by atoms with van der Waals surface area (Å²) in [5.41, 5.74) is 0. The SMILES string of the molecule is O=CCC(NC(=O)NC(COC=O)OC=O)C(=O)O. The molecule has 10 heteroatoms. The standard InChI is InChI=1S/C9H12N2O8/c12-2-1-6(8(15)16)10-9(17)11-7(19-5-14)3-18-4-13/h2,4-7H,1,3H2,(H,15,16)(H2,10,11,17). The van der Waals surface area contributed by atoms with Gasteiger partial charge in [-0.25, -0.2) is 9.59 Å². The molecule has 0 radical (unpaired) electrons. The van der Waals surface area contributed by atoms with Crippen LogP contribution in [0.2, 0.25) is 0 Å². The first kappa shape index (κ1) is 16.4. The summed E-state index contributed by atoms with van der Waals surface area (Å²) >= 11 is 0. The topological polar surface area (TPSA) is 148 Å². The summed E-state index contributed by atoms with van der Waals surface area (Å²) in [6, 6.07) is -2.42. The molecule has 2 amide bonds. The van der Waals surface area contributed by atoms with Gasteiger partial charge in [0.1, 0.15) is 18.9 Å². The molecule has 19 heavy (non-hydrogen) atoms. The van der Waals surface area contributed by atoms with Crippen molar-refractivity contribution in [2.24, 2.45) is 0 Å². The Labute approximate surface area is 107 Å². The number of carboxylic acid groups (broad SMARTS) is 1. The molecule has 0 aliphatic rings. The summed E-state index contributed by atoms with van der Waals surface area (Å²) in [7, 11) is 0. The molecule has 0 fully saturated rings. The summed E-state index contributed by atoms with van der Waals surface area (Å²) in [5, 5.41) is 12.7. The van der Waals surface area contributed by atoms with E-state index >= 15 is 0 Å². The van der Waals surface area contributed by atoms with Crippen LogP contribution in [0, 0.1) is 0 Å². The molecule has 0 spiro atoms. The molecule has 0 aliphatic heterocycles. The highest BCUT2D eigenvalue weighted by Crippen LogP contribution is 1.91. The van der Waals surface area contributed by atoms with Gasteiger partial charge in [0.15, 0.2) is 0 Å². The predicted octanol–water partition coefficient (Wildman–Crippen LogP) is -2.00. The minimum Gasteiger partial charge on any atom is -0.480 e. The number of carboxylic acids is 1. The molecule has 2 unspecified atom stereocenters. The maximum absolute atomic E-state index is 11.3. The van der Waals surface area contributed by atoms with E-state index in [2.05, 4.69) is 9.47 Å². The number of aldehydes is 1. The number of aliphatic carboxylic acids is 1. The van der Waals surface area contributed by atoms with Gasteiger partial charge in [-0.3, -0.25) is 14.9 Å². The lowest BCUT2D eigenvalue weighted by atomic mass is 10.2. The van der Waals surface area contributed by atoms with Gasteiger partial charge in [0, 0.05) is 6.42 Å². The van der Waals surface area contributed by atoms with Gasteiger partial charge in [0.05, 0.1) is 0 Å². The van der Waals surface area contributed by atoms with Crippen LogP contribution in [0.5, 0.6) is 0 Å². The zero-order chi connectivity index (χ0) is 14.7. The van der Waals surface area contributed by atoms with E-state index in [4.69, 9.17) is 5.11 Å². The third kappa shape index (κ3) is 7.31. The van der Waals surface area contributed by atoms with E-state index in [1.165, 1.54) is 0 Å². The molecule has 0 aliphatic carbocycles. The highest BCUT2D eigenvalue weighted by Gasteiger charge is 2.21. The first-order chi connectivity index (χ1) is 9.04. The van der Waals surface area contributed by atoms with Crippen LogP contribution in [0.4, 0.5) is 4.79 Å². The number of carbonyl (C=O) groups excluding carboxylic acids is 4. The van der Waals surface area contributed by atoms with E-state index in [9.17, 15) is 24.0 Å². The summed E-state index contributed by atoms with van der Waals surface area (Å²) in [4.78, 5) is 52.2. The number of carbonyl (C=O) groups is 5. The lowest BCUT2D eigenvalue weighted by molar-refractivity contribution is -0.143. The normalized spacial score (nSPS) is 12.4. The summed E-state index contributed by atoms with van der Waals surface area (Å²) in [6.07, 6.45) is -1.37. The number of hydrogen-bond acceptors (Lipinski definition) is 7. The van der Waals surface area contributed by atoms with E-state index in [1.807, 2.05) is 10.6 Å². The van der Waals surface area contributed by atoms with Crippen LogP contribution in [-0.4, -0.2) is 55.2 Å². The number of nitrogens with one attached hydrogen (secondary N) is 2. The van der Waals surface area contributed by atoms with Gasteiger partial charge in [-0.15, -0.1) is 0 Å². The molecule has 3 N–H and O–H groups in total. The molecule has 2 atom stereocenters. The Morgan fingerprint density at radius 1 is 1.16 bits per heavy atom. The largest absolute Gasteiger partial charge is 0.480 e. The molecule has 106 valence electrons. The minimum absolute atomic E-state index is 0.0131. The van der Waals surface area contributed by atoms with Crippen molar-refractivity contribution in [3.8, 4) is 0 Å². The van der Waals surface area contributed by atoms with Crippen LogP contribution in [0.3, 0.4) is 0 Å². The van der Waals surface area contributed by atoms with Crippen LogP contribution >= 0.6 is 0 Å². The van der Waals surface area contributed by atoms with Crippen LogP contribution in [0.15, 0.2) is 0 Å². The van der Waals surface area contributed by atoms with Crippen molar-refractivity contribution in [2.45, 2.75) is 18.7 Å². The maximum Gasteiger partial charge on any atom is 0.326 e. The third-order valence-electron chi connectivity index (χ3n) is 1.76. The van der Waals surface area contributed by atoms with Gasteiger partial charge in [-0.1, -0.05) is 0 Å². The van der Waals surface area contributed by atoms with Gasteiger partial charge < -0.3 is 24.7 Å². The lowest BCUT2D eigenvalue weighted by Crippen LogP contribution is -2.50. The molecule has 0 saturated heterocycles. The number of urea groups is 1. The Hall–Kier alpha value is -2.65. The Kier molecular flexibility index (Phi) is 8.08. The number of ether oxygens (including phenoxy) is 2. The summed E-state index contributed by atoms with van der Waals surface area (Å²) in [6.45, 7) is -0.354. The van der Waals surface area contributed by atoms with Crippen LogP contribution in [-0.2, 0) is 28.7 Å². The lowest BCUT2D eigenvalue weighted by Gasteiger charge is -2.18. The fourth-order valence-corrected chi connectivity index (χ4v) is 0.973. The number of amides is 2. The molecule has 0 rings (SSSR count). The van der Waals surface area contributed by atoms with Crippen molar-refractivity contribution in [3.05, 3.63) is 0 Å². The molecule has 10 nitrogen and oxygen atoms in total. The smallest absolute Gasteiger partial charge is 0.326 e. The molecule has 0 aromatic rings. The van der Waals surface area contributed by atoms with Crippen LogP contribution in [0.25, 0.3) is 0 Å². The van der Waals surface area contributed by atoms with Crippen molar-refractivity contribution >= 4 is 31.2 Å². The second kappa shape index (κ2) is 9.39. The molecule has 0 saturated carbocycles. The van der Waals surface area contributed by atoms with Crippen LogP contribution < -0.4 is 10.6 Å². The van der Waals surface area contributed by atoms with Crippen molar-refractivity contribution in [2.75, 3.05) is 6.61 Å². The molecule has 0 bridgehead atoms. The number of hydrogen-bond donors (Lipinski definition) is 3. The summed E-state index contributed by atoms with van der Waals surface area (Å²) < 4.78 is 8.63. The predicted molar refractivity (Wildman–Crippen MR) is 56.7 cm³/mol. The second-order valence-corrected chi connectivity index (χ2v) is 3.06. The third-order valence-corrected chi connectivity index (χ3v) is 1.76. The second-order valence-electron chi connectivity index (χ2n) is 3.06. The van der Waals surface area contributed by atoms with E-state index in [-0.39, 0.29) is 12.9 Å². The maximum atomic E-state index is 11.3. The Balaban J connectivity index is 4.36.